The lowest BCUT2D eigenvalue weighted by Gasteiger charge is -2.32. The van der Waals surface area contributed by atoms with Crippen molar-refractivity contribution in [1.29, 1.82) is 0 Å². The molecule has 2 aromatic carbocycles. The van der Waals surface area contributed by atoms with Gasteiger partial charge in [0.1, 0.15) is 5.52 Å². The van der Waals surface area contributed by atoms with Gasteiger partial charge in [0.15, 0.2) is 11.5 Å². The van der Waals surface area contributed by atoms with Gasteiger partial charge in [0.25, 0.3) is 5.91 Å². The van der Waals surface area contributed by atoms with Crippen LogP contribution in [-0.2, 0) is 0 Å². The highest BCUT2D eigenvalue weighted by molar-refractivity contribution is 6.05. The van der Waals surface area contributed by atoms with Gasteiger partial charge in [0, 0.05) is 35.9 Å². The number of nitrogens with zero attached hydrogens (tertiary/aromatic N) is 2. The van der Waals surface area contributed by atoms with E-state index in [2.05, 4.69) is 34.3 Å². The number of rotatable bonds is 4. The van der Waals surface area contributed by atoms with Crippen LogP contribution in [0.2, 0.25) is 0 Å². The molecular weight excluding hydrogens is 350 g/mol. The maximum Gasteiger partial charge on any atom is 0.255 e. The third-order valence-electron chi connectivity index (χ3n) is 5.44. The summed E-state index contributed by atoms with van der Waals surface area (Å²) in [6.07, 6.45) is 2.47. The maximum absolute atomic E-state index is 12.6. The fourth-order valence-electron chi connectivity index (χ4n) is 3.56. The second-order valence-corrected chi connectivity index (χ2v) is 8.06. The summed E-state index contributed by atoms with van der Waals surface area (Å²) in [5.41, 5.74) is 3.99. The highest BCUT2D eigenvalue weighted by Crippen LogP contribution is 2.25. The molecule has 0 saturated carbocycles. The van der Waals surface area contributed by atoms with Gasteiger partial charge in [-0.3, -0.25) is 4.79 Å². The van der Waals surface area contributed by atoms with Crippen LogP contribution in [0.3, 0.4) is 0 Å². The number of fused-ring (bicyclic) bond motifs is 1. The van der Waals surface area contributed by atoms with Gasteiger partial charge in [-0.05, 0) is 61.2 Å². The first-order valence-corrected chi connectivity index (χ1v) is 10.1. The Morgan fingerprint density at radius 2 is 1.86 bits per heavy atom. The number of anilines is 2. The van der Waals surface area contributed by atoms with Gasteiger partial charge in [-0.15, -0.1) is 0 Å². The molecule has 3 aromatic rings. The van der Waals surface area contributed by atoms with Gasteiger partial charge in [-0.25, -0.2) is 4.98 Å². The van der Waals surface area contributed by atoms with E-state index in [1.54, 1.807) is 12.1 Å². The first kappa shape index (κ1) is 18.5. The van der Waals surface area contributed by atoms with Gasteiger partial charge < -0.3 is 14.6 Å². The summed E-state index contributed by atoms with van der Waals surface area (Å²) in [6.45, 7) is 8.58. The minimum absolute atomic E-state index is 0.149. The molecule has 0 bridgehead atoms. The summed E-state index contributed by atoms with van der Waals surface area (Å²) in [5.74, 6) is 1.57. The number of hydrogen-bond acceptors (Lipinski definition) is 4. The van der Waals surface area contributed by atoms with Crippen molar-refractivity contribution in [3.05, 3.63) is 53.9 Å². The minimum atomic E-state index is -0.149. The van der Waals surface area contributed by atoms with Crippen LogP contribution in [0.25, 0.3) is 11.1 Å². The van der Waals surface area contributed by atoms with Gasteiger partial charge in [0.05, 0.1) is 0 Å². The highest BCUT2D eigenvalue weighted by atomic mass is 16.3. The van der Waals surface area contributed by atoms with E-state index in [1.807, 2.05) is 32.0 Å². The molecule has 1 N–H and O–H groups in total. The number of aromatic nitrogens is 1. The van der Waals surface area contributed by atoms with E-state index in [1.165, 1.54) is 18.5 Å². The molecule has 1 saturated heterocycles. The number of carbonyl (C=O) groups excluding carboxylic acids is 1. The maximum atomic E-state index is 12.6. The lowest BCUT2D eigenvalue weighted by atomic mass is 9.99. The Morgan fingerprint density at radius 1 is 1.14 bits per heavy atom. The van der Waals surface area contributed by atoms with E-state index in [9.17, 15) is 4.79 Å². The third kappa shape index (κ3) is 3.88. The normalized spacial score (nSPS) is 15.4. The number of carbonyl (C=O) groups is 1. The first-order chi connectivity index (χ1) is 13.5. The Morgan fingerprint density at radius 3 is 2.54 bits per heavy atom. The summed E-state index contributed by atoms with van der Waals surface area (Å²) in [4.78, 5) is 19.5. The predicted molar refractivity (Wildman–Crippen MR) is 113 cm³/mol. The largest absolute Gasteiger partial charge is 0.440 e. The number of oxazole rings is 1. The molecule has 5 nitrogen and oxygen atoms in total. The molecule has 0 unspecified atom stereocenters. The second kappa shape index (κ2) is 7.66. The molecule has 1 aliphatic heterocycles. The quantitative estimate of drug-likeness (QED) is 0.658. The van der Waals surface area contributed by atoms with Gasteiger partial charge in [-0.1, -0.05) is 20.8 Å². The molecule has 0 atom stereocenters. The highest BCUT2D eigenvalue weighted by Gasteiger charge is 2.16. The van der Waals surface area contributed by atoms with E-state index in [4.69, 9.17) is 4.42 Å². The molecule has 2 heterocycles. The summed E-state index contributed by atoms with van der Waals surface area (Å²) in [7, 11) is 0. The molecule has 0 aliphatic carbocycles. The van der Waals surface area contributed by atoms with E-state index < -0.39 is 0 Å². The Balaban J connectivity index is 1.45. The van der Waals surface area contributed by atoms with Crippen molar-refractivity contribution in [2.24, 2.45) is 5.92 Å². The molecule has 1 aliphatic rings. The predicted octanol–water partition coefficient (Wildman–Crippen LogP) is 5.44. The number of nitrogens with one attached hydrogen (secondary N) is 1. The average molecular weight is 377 g/mol. The third-order valence-corrected chi connectivity index (χ3v) is 5.44. The Hall–Kier alpha value is -2.82. The molecule has 0 radical (unpaired) electrons. The fourth-order valence-corrected chi connectivity index (χ4v) is 3.56. The van der Waals surface area contributed by atoms with Gasteiger partial charge in [0.2, 0.25) is 0 Å². The monoisotopic (exact) mass is 377 g/mol. The van der Waals surface area contributed by atoms with Gasteiger partial charge >= 0.3 is 0 Å². The zero-order valence-corrected chi connectivity index (χ0v) is 16.7. The molecule has 0 spiro atoms. The standard InChI is InChI=1S/C23H27N3O2/c1-15(2)23-25-20-9-4-17(14-21(20)28-23)22(27)24-18-5-7-19(8-6-18)26-12-10-16(3)11-13-26/h4-9,14-16H,10-13H2,1-3H3,(H,24,27). The number of benzene rings is 2. The van der Waals surface area contributed by atoms with Crippen molar-refractivity contribution in [3.8, 4) is 0 Å². The van der Waals surface area contributed by atoms with Crippen molar-refractivity contribution in [3.63, 3.8) is 0 Å². The zero-order valence-electron chi connectivity index (χ0n) is 16.7. The SMILES string of the molecule is CC1CCN(c2ccc(NC(=O)c3ccc4nc(C(C)C)oc4c3)cc2)CC1. The Kier molecular flexibility index (Phi) is 5.07. The molecule has 1 aromatic heterocycles. The second-order valence-electron chi connectivity index (χ2n) is 8.06. The van der Waals surface area contributed by atoms with E-state index in [0.717, 1.165) is 30.2 Å². The van der Waals surface area contributed by atoms with Crippen LogP contribution in [0.4, 0.5) is 11.4 Å². The van der Waals surface area contributed by atoms with Crippen molar-refractivity contribution >= 4 is 28.4 Å². The molecule has 1 amide bonds. The summed E-state index contributed by atoms with van der Waals surface area (Å²) in [6, 6.07) is 13.5. The summed E-state index contributed by atoms with van der Waals surface area (Å²) in [5, 5.41) is 2.97. The lowest BCUT2D eigenvalue weighted by Crippen LogP contribution is -2.32. The van der Waals surface area contributed by atoms with Crippen LogP contribution in [0.15, 0.2) is 46.9 Å². The first-order valence-electron chi connectivity index (χ1n) is 10.1. The molecule has 28 heavy (non-hydrogen) atoms. The molecule has 4 rings (SSSR count). The van der Waals surface area contributed by atoms with Crippen LogP contribution < -0.4 is 10.2 Å². The van der Waals surface area contributed by atoms with Crippen LogP contribution in [0, 0.1) is 5.92 Å². The van der Waals surface area contributed by atoms with Crippen molar-refractivity contribution in [1.82, 2.24) is 4.98 Å². The minimum Gasteiger partial charge on any atom is -0.440 e. The zero-order chi connectivity index (χ0) is 19.7. The number of amides is 1. The Labute approximate surface area is 165 Å². The molecule has 146 valence electrons. The number of piperidine rings is 1. The van der Waals surface area contributed by atoms with Crippen LogP contribution in [-0.4, -0.2) is 24.0 Å². The van der Waals surface area contributed by atoms with Crippen molar-refractivity contribution in [2.45, 2.75) is 39.5 Å². The smallest absolute Gasteiger partial charge is 0.255 e. The van der Waals surface area contributed by atoms with E-state index in [-0.39, 0.29) is 11.8 Å². The van der Waals surface area contributed by atoms with Crippen LogP contribution >= 0.6 is 0 Å². The lowest BCUT2D eigenvalue weighted by molar-refractivity contribution is 0.102. The molecule has 5 heteroatoms. The van der Waals surface area contributed by atoms with Crippen molar-refractivity contribution in [2.75, 3.05) is 23.3 Å². The molecular formula is C23H27N3O2. The van der Waals surface area contributed by atoms with E-state index in [0.29, 0.717) is 17.0 Å². The average Bonchev–Trinajstić information content (AvgIpc) is 3.13. The summed E-state index contributed by atoms with van der Waals surface area (Å²) < 4.78 is 5.76. The summed E-state index contributed by atoms with van der Waals surface area (Å²) >= 11 is 0. The van der Waals surface area contributed by atoms with Crippen molar-refractivity contribution < 1.29 is 9.21 Å². The van der Waals surface area contributed by atoms with Crippen LogP contribution in [0.5, 0.6) is 0 Å². The van der Waals surface area contributed by atoms with E-state index >= 15 is 0 Å². The van der Waals surface area contributed by atoms with Crippen LogP contribution in [0.1, 0.15) is 55.8 Å². The Bertz CT molecular complexity index is 967. The van der Waals surface area contributed by atoms with Gasteiger partial charge in [-0.2, -0.15) is 0 Å². The fraction of sp³-hybridized carbons (Fsp3) is 0.391. The topological polar surface area (TPSA) is 58.4 Å². The molecule has 1 fully saturated rings. The number of hydrogen-bond donors (Lipinski definition) is 1.